The van der Waals surface area contributed by atoms with Gasteiger partial charge < -0.3 is 20.3 Å². The summed E-state index contributed by atoms with van der Waals surface area (Å²) >= 11 is 0. The van der Waals surface area contributed by atoms with Gasteiger partial charge in [0, 0.05) is 13.0 Å². The van der Waals surface area contributed by atoms with Gasteiger partial charge in [-0.05, 0) is 23.3 Å². The van der Waals surface area contributed by atoms with Crippen LogP contribution < -0.4 is 15.5 Å². The van der Waals surface area contributed by atoms with Crippen molar-refractivity contribution in [3.8, 4) is 0 Å². The van der Waals surface area contributed by atoms with Crippen molar-refractivity contribution in [2.45, 2.75) is 25.6 Å². The number of hydrogen-bond donors (Lipinski definition) is 2. The Labute approximate surface area is 181 Å². The average molecular weight is 415 g/mol. The summed E-state index contributed by atoms with van der Waals surface area (Å²) in [6.07, 6.45) is -0.239. The number of para-hydroxylation sites is 2. The second-order valence-electron chi connectivity index (χ2n) is 7.47. The fourth-order valence-electron chi connectivity index (χ4n) is 3.60. The lowest BCUT2D eigenvalue weighted by atomic mass is 10.1. The number of carbonyl (C=O) groups excluding carboxylic acids is 2. The molecular weight excluding hydrogens is 390 g/mol. The Hall–Kier alpha value is -3.80. The predicted octanol–water partition coefficient (Wildman–Crippen LogP) is 4.33. The van der Waals surface area contributed by atoms with Crippen LogP contribution in [0, 0.1) is 0 Å². The van der Waals surface area contributed by atoms with Crippen LogP contribution in [0.15, 0.2) is 84.9 Å². The predicted molar refractivity (Wildman–Crippen MR) is 121 cm³/mol. The van der Waals surface area contributed by atoms with E-state index in [2.05, 4.69) is 10.6 Å². The molecular formula is C25H25N3O3. The lowest BCUT2D eigenvalue weighted by molar-refractivity contribution is -0.118. The van der Waals surface area contributed by atoms with Gasteiger partial charge in [0.1, 0.15) is 6.61 Å². The van der Waals surface area contributed by atoms with E-state index in [9.17, 15) is 9.59 Å². The van der Waals surface area contributed by atoms with E-state index in [1.165, 1.54) is 0 Å². The van der Waals surface area contributed by atoms with Crippen LogP contribution in [0.4, 0.5) is 16.2 Å². The van der Waals surface area contributed by atoms with Gasteiger partial charge in [0.15, 0.2) is 0 Å². The molecule has 0 aromatic heterocycles. The minimum absolute atomic E-state index is 0.00533. The smallest absolute Gasteiger partial charge is 0.407 e. The molecule has 6 heteroatoms. The van der Waals surface area contributed by atoms with Crippen molar-refractivity contribution in [1.82, 2.24) is 5.32 Å². The lowest BCUT2D eigenvalue weighted by Gasteiger charge is -2.22. The Morgan fingerprint density at radius 3 is 2.32 bits per heavy atom. The number of alkyl carbamates (subject to hydrolysis) is 1. The molecule has 0 saturated carbocycles. The molecule has 2 amide bonds. The molecule has 0 saturated heterocycles. The number of rotatable bonds is 6. The van der Waals surface area contributed by atoms with Crippen molar-refractivity contribution in [1.29, 1.82) is 0 Å². The number of anilines is 2. The molecule has 1 atom stereocenters. The highest BCUT2D eigenvalue weighted by Crippen LogP contribution is 2.31. The van der Waals surface area contributed by atoms with Gasteiger partial charge >= 0.3 is 6.09 Å². The summed E-state index contributed by atoms with van der Waals surface area (Å²) in [7, 11) is 0. The molecule has 4 rings (SSSR count). The molecule has 3 aromatic carbocycles. The highest BCUT2D eigenvalue weighted by atomic mass is 16.5. The summed E-state index contributed by atoms with van der Waals surface area (Å²) in [5, 5.41) is 6.17. The number of hydrogen-bond acceptors (Lipinski definition) is 4. The van der Waals surface area contributed by atoms with Gasteiger partial charge in [-0.25, -0.2) is 4.79 Å². The normalized spacial score (nSPS) is 15.4. The third-order valence-electron chi connectivity index (χ3n) is 5.17. The van der Waals surface area contributed by atoms with Gasteiger partial charge in [0.05, 0.1) is 24.0 Å². The van der Waals surface area contributed by atoms with Crippen LogP contribution in [-0.4, -0.2) is 24.6 Å². The SMILES string of the molecule is O=C(NCC1CC(=O)N(Cc2ccccc2)c2ccccc2N1)OCc1ccccc1. The zero-order valence-electron chi connectivity index (χ0n) is 17.2. The quantitative estimate of drug-likeness (QED) is 0.629. The molecule has 31 heavy (non-hydrogen) atoms. The molecule has 2 N–H and O–H groups in total. The second-order valence-corrected chi connectivity index (χ2v) is 7.47. The first-order valence-electron chi connectivity index (χ1n) is 10.3. The van der Waals surface area contributed by atoms with Crippen LogP contribution in [0.1, 0.15) is 17.5 Å². The van der Waals surface area contributed by atoms with Crippen molar-refractivity contribution in [2.24, 2.45) is 0 Å². The van der Waals surface area contributed by atoms with E-state index < -0.39 is 6.09 Å². The Balaban J connectivity index is 1.39. The average Bonchev–Trinajstić information content (AvgIpc) is 2.94. The number of carbonyl (C=O) groups is 2. The Bertz CT molecular complexity index is 1020. The third kappa shape index (κ3) is 5.42. The van der Waals surface area contributed by atoms with Gasteiger partial charge in [0.2, 0.25) is 5.91 Å². The molecule has 1 aliphatic rings. The maximum Gasteiger partial charge on any atom is 0.407 e. The molecule has 3 aromatic rings. The second kappa shape index (κ2) is 9.80. The van der Waals surface area contributed by atoms with E-state index in [4.69, 9.17) is 4.74 Å². The van der Waals surface area contributed by atoms with Crippen LogP contribution in [0.5, 0.6) is 0 Å². The van der Waals surface area contributed by atoms with Crippen LogP contribution >= 0.6 is 0 Å². The van der Waals surface area contributed by atoms with E-state index in [0.29, 0.717) is 6.54 Å². The maximum absolute atomic E-state index is 13.1. The largest absolute Gasteiger partial charge is 0.445 e. The molecule has 0 bridgehead atoms. The number of fused-ring (bicyclic) bond motifs is 1. The van der Waals surface area contributed by atoms with Crippen molar-refractivity contribution in [3.05, 3.63) is 96.1 Å². The van der Waals surface area contributed by atoms with Gasteiger partial charge in [-0.15, -0.1) is 0 Å². The molecule has 1 unspecified atom stereocenters. The monoisotopic (exact) mass is 415 g/mol. The minimum Gasteiger partial charge on any atom is -0.445 e. The van der Waals surface area contributed by atoms with Crippen LogP contribution in [0.3, 0.4) is 0 Å². The minimum atomic E-state index is -0.503. The highest BCUT2D eigenvalue weighted by molar-refractivity contribution is 5.98. The number of benzene rings is 3. The first-order chi connectivity index (χ1) is 15.2. The molecule has 158 valence electrons. The van der Waals surface area contributed by atoms with Crippen molar-refractivity contribution < 1.29 is 14.3 Å². The zero-order chi connectivity index (χ0) is 21.5. The van der Waals surface area contributed by atoms with Gasteiger partial charge in [0.25, 0.3) is 0 Å². The van der Waals surface area contributed by atoms with Gasteiger partial charge in [-0.1, -0.05) is 72.8 Å². The summed E-state index contributed by atoms with van der Waals surface area (Å²) < 4.78 is 5.27. The van der Waals surface area contributed by atoms with Gasteiger partial charge in [-0.2, -0.15) is 0 Å². The Morgan fingerprint density at radius 2 is 1.58 bits per heavy atom. The first kappa shape index (κ1) is 20.5. The first-order valence-corrected chi connectivity index (χ1v) is 10.3. The van der Waals surface area contributed by atoms with Crippen molar-refractivity contribution >= 4 is 23.4 Å². The molecule has 0 fully saturated rings. The summed E-state index contributed by atoms with van der Waals surface area (Å²) in [5.74, 6) is 0.00533. The molecule has 1 aliphatic heterocycles. The Kier molecular flexibility index (Phi) is 6.47. The zero-order valence-corrected chi connectivity index (χ0v) is 17.2. The van der Waals surface area contributed by atoms with Crippen LogP contribution in [-0.2, 0) is 22.7 Å². The topological polar surface area (TPSA) is 70.7 Å². The lowest BCUT2D eigenvalue weighted by Crippen LogP contribution is -2.39. The molecule has 0 aliphatic carbocycles. The summed E-state index contributed by atoms with van der Waals surface area (Å²) in [6.45, 7) is 0.988. The molecule has 1 heterocycles. The third-order valence-corrected chi connectivity index (χ3v) is 5.17. The standard InChI is InChI=1S/C25H25N3O3/c29-24-15-21(16-26-25(30)31-18-20-11-5-2-6-12-20)27-22-13-7-8-14-23(22)28(24)17-19-9-3-1-4-10-19/h1-14,21,27H,15-18H2,(H,26,30). The van der Waals surface area contributed by atoms with Crippen molar-refractivity contribution in [3.63, 3.8) is 0 Å². The van der Waals surface area contributed by atoms with E-state index in [1.54, 1.807) is 4.90 Å². The Morgan fingerprint density at radius 1 is 0.935 bits per heavy atom. The summed E-state index contributed by atoms with van der Waals surface area (Å²) in [5.41, 5.74) is 3.69. The fourth-order valence-corrected chi connectivity index (χ4v) is 3.60. The van der Waals surface area contributed by atoms with E-state index in [-0.39, 0.29) is 31.5 Å². The number of ether oxygens (including phenoxy) is 1. The van der Waals surface area contributed by atoms with Crippen molar-refractivity contribution in [2.75, 3.05) is 16.8 Å². The summed E-state index contributed by atoms with van der Waals surface area (Å²) in [4.78, 5) is 27.0. The van der Waals surface area contributed by atoms with Gasteiger partial charge in [-0.3, -0.25) is 4.79 Å². The maximum atomic E-state index is 13.1. The number of nitrogens with zero attached hydrogens (tertiary/aromatic N) is 1. The molecule has 0 radical (unpaired) electrons. The van der Waals surface area contributed by atoms with E-state index in [0.717, 1.165) is 22.5 Å². The fraction of sp³-hybridized carbons (Fsp3) is 0.200. The summed E-state index contributed by atoms with van der Waals surface area (Å²) in [6, 6.07) is 26.9. The highest BCUT2D eigenvalue weighted by Gasteiger charge is 2.27. The molecule has 6 nitrogen and oxygen atoms in total. The number of nitrogens with one attached hydrogen (secondary N) is 2. The number of amides is 2. The van der Waals surface area contributed by atoms with E-state index in [1.807, 2.05) is 84.9 Å². The molecule has 0 spiro atoms. The van der Waals surface area contributed by atoms with Crippen LogP contribution in [0.2, 0.25) is 0 Å². The van der Waals surface area contributed by atoms with Crippen LogP contribution in [0.25, 0.3) is 0 Å². The van der Waals surface area contributed by atoms with E-state index >= 15 is 0 Å².